The van der Waals surface area contributed by atoms with E-state index in [1.807, 2.05) is 42.0 Å². The highest BCUT2D eigenvalue weighted by atomic mass is 79.9. The van der Waals surface area contributed by atoms with Crippen LogP contribution in [0.15, 0.2) is 46.6 Å². The molecule has 2 rings (SSSR count). The molecule has 0 unspecified atom stereocenters. The van der Waals surface area contributed by atoms with Gasteiger partial charge in [-0.2, -0.15) is 0 Å². The standard InChI is InChI=1S/C13H12BrNO2/c1-9(7-13(16)17)8-15-6-5-10-11(14)3-2-4-12(10)15/h2-7H,8H2,1H3,(H,16,17)/b9-7-. The zero-order valence-corrected chi connectivity index (χ0v) is 10.9. The van der Waals surface area contributed by atoms with Crippen LogP contribution >= 0.6 is 15.9 Å². The van der Waals surface area contributed by atoms with Gasteiger partial charge in [0.15, 0.2) is 0 Å². The van der Waals surface area contributed by atoms with E-state index in [-0.39, 0.29) is 0 Å². The summed E-state index contributed by atoms with van der Waals surface area (Å²) in [7, 11) is 0. The fourth-order valence-electron chi connectivity index (χ4n) is 1.85. The lowest BCUT2D eigenvalue weighted by molar-refractivity contribution is -0.131. The molecule has 17 heavy (non-hydrogen) atoms. The van der Waals surface area contributed by atoms with Gasteiger partial charge in [0.05, 0.1) is 0 Å². The summed E-state index contributed by atoms with van der Waals surface area (Å²) in [5.74, 6) is -0.903. The fourth-order valence-corrected chi connectivity index (χ4v) is 2.34. The first-order valence-corrected chi connectivity index (χ1v) is 6.00. The van der Waals surface area contributed by atoms with Gasteiger partial charge in [0.25, 0.3) is 0 Å². The molecule has 0 fully saturated rings. The maximum atomic E-state index is 10.6. The summed E-state index contributed by atoms with van der Waals surface area (Å²) in [4.78, 5) is 10.6. The van der Waals surface area contributed by atoms with E-state index in [0.717, 1.165) is 20.9 Å². The zero-order chi connectivity index (χ0) is 12.4. The third kappa shape index (κ3) is 2.58. The number of carbonyl (C=O) groups is 1. The number of carboxylic acid groups (broad SMARTS) is 1. The average Bonchev–Trinajstić information content (AvgIpc) is 2.62. The van der Waals surface area contributed by atoms with Gasteiger partial charge < -0.3 is 9.67 Å². The SMILES string of the molecule is C/C(=C/C(=O)O)Cn1ccc2c(Br)cccc21. The van der Waals surface area contributed by atoms with Gasteiger partial charge in [-0.25, -0.2) is 4.79 Å². The van der Waals surface area contributed by atoms with Crippen LogP contribution in [0.2, 0.25) is 0 Å². The number of fused-ring (bicyclic) bond motifs is 1. The number of hydrogen-bond acceptors (Lipinski definition) is 1. The topological polar surface area (TPSA) is 42.2 Å². The predicted molar refractivity (Wildman–Crippen MR) is 71.0 cm³/mol. The minimum Gasteiger partial charge on any atom is -0.478 e. The van der Waals surface area contributed by atoms with Gasteiger partial charge >= 0.3 is 5.97 Å². The van der Waals surface area contributed by atoms with Crippen molar-refractivity contribution in [3.63, 3.8) is 0 Å². The number of carboxylic acids is 1. The quantitative estimate of drug-likeness (QED) is 0.881. The van der Waals surface area contributed by atoms with Crippen LogP contribution in [-0.2, 0) is 11.3 Å². The van der Waals surface area contributed by atoms with Crippen molar-refractivity contribution < 1.29 is 9.90 Å². The lowest BCUT2D eigenvalue weighted by Crippen LogP contribution is -1.99. The van der Waals surface area contributed by atoms with Crippen molar-refractivity contribution in [1.29, 1.82) is 0 Å². The van der Waals surface area contributed by atoms with Crippen molar-refractivity contribution in [3.8, 4) is 0 Å². The Kier molecular flexibility index (Phi) is 3.33. The monoisotopic (exact) mass is 293 g/mol. The molecule has 0 aliphatic carbocycles. The van der Waals surface area contributed by atoms with E-state index < -0.39 is 5.97 Å². The van der Waals surface area contributed by atoms with Gasteiger partial charge in [0, 0.05) is 34.2 Å². The van der Waals surface area contributed by atoms with Crippen LogP contribution in [0, 0.1) is 0 Å². The van der Waals surface area contributed by atoms with Crippen molar-refractivity contribution in [2.75, 3.05) is 0 Å². The van der Waals surface area contributed by atoms with Crippen molar-refractivity contribution in [1.82, 2.24) is 4.57 Å². The Hall–Kier alpha value is -1.55. The molecular formula is C13H12BrNO2. The first-order valence-electron chi connectivity index (χ1n) is 5.21. The minimum absolute atomic E-state index is 0.590. The van der Waals surface area contributed by atoms with Gasteiger partial charge in [-0.3, -0.25) is 0 Å². The molecule has 0 bridgehead atoms. The van der Waals surface area contributed by atoms with Crippen molar-refractivity contribution >= 4 is 32.8 Å². The van der Waals surface area contributed by atoms with Crippen LogP contribution in [0.25, 0.3) is 10.9 Å². The number of halogens is 1. The summed E-state index contributed by atoms with van der Waals surface area (Å²) in [6.45, 7) is 2.41. The highest BCUT2D eigenvalue weighted by Crippen LogP contribution is 2.25. The largest absolute Gasteiger partial charge is 0.478 e. The average molecular weight is 294 g/mol. The van der Waals surface area contributed by atoms with E-state index in [9.17, 15) is 4.79 Å². The highest BCUT2D eigenvalue weighted by Gasteiger charge is 2.04. The van der Waals surface area contributed by atoms with Gasteiger partial charge in [-0.1, -0.05) is 22.0 Å². The van der Waals surface area contributed by atoms with Crippen LogP contribution in [0.4, 0.5) is 0 Å². The highest BCUT2D eigenvalue weighted by molar-refractivity contribution is 9.10. The van der Waals surface area contributed by atoms with E-state index in [4.69, 9.17) is 5.11 Å². The van der Waals surface area contributed by atoms with Gasteiger partial charge in [-0.05, 0) is 30.7 Å². The molecule has 0 saturated carbocycles. The van der Waals surface area contributed by atoms with Crippen molar-refractivity contribution in [2.45, 2.75) is 13.5 Å². The van der Waals surface area contributed by atoms with Crippen LogP contribution in [0.5, 0.6) is 0 Å². The summed E-state index contributed by atoms with van der Waals surface area (Å²) in [6.07, 6.45) is 3.21. The molecule has 0 radical (unpaired) electrons. The van der Waals surface area contributed by atoms with Crippen molar-refractivity contribution in [2.24, 2.45) is 0 Å². The first-order chi connectivity index (χ1) is 8.08. The predicted octanol–water partition coefficient (Wildman–Crippen LogP) is 3.43. The molecule has 4 heteroatoms. The van der Waals surface area contributed by atoms with Crippen LogP contribution in [-0.4, -0.2) is 15.6 Å². The van der Waals surface area contributed by atoms with E-state index in [1.165, 1.54) is 6.08 Å². The molecular weight excluding hydrogens is 282 g/mol. The maximum absolute atomic E-state index is 10.6. The first kappa shape index (κ1) is 11.9. The minimum atomic E-state index is -0.903. The van der Waals surface area contributed by atoms with Crippen LogP contribution in [0.3, 0.4) is 0 Å². The molecule has 3 nitrogen and oxygen atoms in total. The second-order valence-corrected chi connectivity index (χ2v) is 4.80. The van der Waals surface area contributed by atoms with Crippen LogP contribution < -0.4 is 0 Å². The second kappa shape index (κ2) is 4.75. The number of allylic oxidation sites excluding steroid dienone is 1. The smallest absolute Gasteiger partial charge is 0.328 e. The number of hydrogen-bond donors (Lipinski definition) is 1. The molecule has 0 saturated heterocycles. The number of aromatic nitrogens is 1. The van der Waals surface area contributed by atoms with Gasteiger partial charge in [0.1, 0.15) is 0 Å². The normalized spacial score (nSPS) is 12.0. The molecule has 0 amide bonds. The molecule has 0 atom stereocenters. The third-order valence-corrected chi connectivity index (χ3v) is 3.24. The summed E-state index contributed by atoms with van der Waals surface area (Å²) in [5, 5.41) is 9.81. The summed E-state index contributed by atoms with van der Waals surface area (Å²) >= 11 is 3.49. The van der Waals surface area contributed by atoms with Gasteiger partial charge in [0.2, 0.25) is 0 Å². The third-order valence-electron chi connectivity index (χ3n) is 2.55. The Balaban J connectivity index is 2.38. The molecule has 0 aliphatic rings. The maximum Gasteiger partial charge on any atom is 0.328 e. The Labute approximate surface area is 107 Å². The molecule has 2 aromatic rings. The second-order valence-electron chi connectivity index (χ2n) is 3.95. The fraction of sp³-hybridized carbons (Fsp3) is 0.154. The molecule has 1 aromatic heterocycles. The molecule has 88 valence electrons. The number of rotatable bonds is 3. The molecule has 1 heterocycles. The van der Waals surface area contributed by atoms with Crippen LogP contribution in [0.1, 0.15) is 6.92 Å². The number of benzene rings is 1. The summed E-state index contributed by atoms with van der Waals surface area (Å²) < 4.78 is 3.09. The Morgan fingerprint density at radius 3 is 2.94 bits per heavy atom. The summed E-state index contributed by atoms with van der Waals surface area (Å²) in [6, 6.07) is 8.01. The zero-order valence-electron chi connectivity index (χ0n) is 9.35. The molecule has 1 aromatic carbocycles. The lowest BCUT2D eigenvalue weighted by Gasteiger charge is -2.05. The Morgan fingerprint density at radius 2 is 2.24 bits per heavy atom. The van der Waals surface area contributed by atoms with E-state index in [2.05, 4.69) is 15.9 Å². The van der Waals surface area contributed by atoms with E-state index >= 15 is 0 Å². The van der Waals surface area contributed by atoms with Gasteiger partial charge in [-0.15, -0.1) is 0 Å². The lowest BCUT2D eigenvalue weighted by atomic mass is 10.2. The molecule has 0 aliphatic heterocycles. The number of nitrogens with zero attached hydrogens (tertiary/aromatic N) is 1. The summed E-state index contributed by atoms with van der Waals surface area (Å²) in [5.41, 5.74) is 1.91. The van der Waals surface area contributed by atoms with E-state index in [1.54, 1.807) is 0 Å². The Bertz CT molecular complexity index is 598. The van der Waals surface area contributed by atoms with E-state index in [0.29, 0.717) is 6.54 Å². The molecule has 0 spiro atoms. The number of aliphatic carboxylic acids is 1. The Morgan fingerprint density at radius 1 is 1.47 bits per heavy atom. The van der Waals surface area contributed by atoms with Crippen molar-refractivity contribution in [3.05, 3.63) is 46.6 Å². The molecule has 1 N–H and O–H groups in total.